The van der Waals surface area contributed by atoms with E-state index in [1.54, 1.807) is 0 Å². The fourth-order valence-electron chi connectivity index (χ4n) is 3.79. The molecule has 3 rings (SSSR count). The molecule has 1 aliphatic rings. The van der Waals surface area contributed by atoms with Gasteiger partial charge in [0.2, 0.25) is 0 Å². The highest BCUT2D eigenvalue weighted by Crippen LogP contribution is 2.28. The summed E-state index contributed by atoms with van der Waals surface area (Å²) in [5, 5.41) is 14.0. The van der Waals surface area contributed by atoms with Gasteiger partial charge < -0.3 is 14.8 Å². The number of aryl methyl sites for hydroxylation is 1. The minimum absolute atomic E-state index is 0.239. The van der Waals surface area contributed by atoms with Crippen LogP contribution in [0.5, 0.6) is 0 Å². The molecule has 0 radical (unpaired) electrons. The summed E-state index contributed by atoms with van der Waals surface area (Å²) in [6.07, 6.45) is 3.31. The highest BCUT2D eigenvalue weighted by molar-refractivity contribution is 5.81. The molecule has 2 N–H and O–H groups in total. The third-order valence-electron chi connectivity index (χ3n) is 5.02. The molecule has 2 unspecified atom stereocenters. The van der Waals surface area contributed by atoms with Crippen LogP contribution < -0.4 is 5.32 Å². The first-order valence-electron chi connectivity index (χ1n) is 8.98. The Hall–Kier alpha value is -1.81. The van der Waals surface area contributed by atoms with Crippen molar-refractivity contribution < 1.29 is 14.3 Å². The molecule has 1 aliphatic heterocycles. The van der Waals surface area contributed by atoms with Crippen molar-refractivity contribution in [1.82, 2.24) is 5.32 Å². The van der Waals surface area contributed by atoms with Gasteiger partial charge in [0, 0.05) is 11.8 Å². The summed E-state index contributed by atoms with van der Waals surface area (Å²) in [5.41, 5.74) is 2.23. The quantitative estimate of drug-likeness (QED) is 0.809. The minimum Gasteiger partial charge on any atom is -0.481 e. The Bertz CT molecular complexity index is 698. The number of hydrogen-bond donors (Lipinski definition) is 2. The summed E-state index contributed by atoms with van der Waals surface area (Å²) < 4.78 is 5.97. The Labute approximate surface area is 143 Å². The SMILES string of the molecule is CC(C)Cc1cccc2oc(CCC(C(=O)O)C3CCNC3)cc12. The van der Waals surface area contributed by atoms with Gasteiger partial charge >= 0.3 is 5.97 Å². The second-order valence-electron chi connectivity index (χ2n) is 7.38. The largest absolute Gasteiger partial charge is 0.481 e. The van der Waals surface area contributed by atoms with Gasteiger partial charge in [-0.2, -0.15) is 0 Å². The van der Waals surface area contributed by atoms with Gasteiger partial charge in [0.15, 0.2) is 0 Å². The Morgan fingerprint density at radius 3 is 2.92 bits per heavy atom. The van der Waals surface area contributed by atoms with Crippen LogP contribution in [0, 0.1) is 17.8 Å². The predicted molar refractivity (Wildman–Crippen MR) is 95.2 cm³/mol. The number of carboxylic acids is 1. The van der Waals surface area contributed by atoms with Crippen LogP contribution in [0.15, 0.2) is 28.7 Å². The van der Waals surface area contributed by atoms with Gasteiger partial charge in [-0.25, -0.2) is 0 Å². The fraction of sp³-hybridized carbons (Fsp3) is 0.550. The van der Waals surface area contributed by atoms with Crippen LogP contribution in [0.4, 0.5) is 0 Å². The van der Waals surface area contributed by atoms with Crippen molar-refractivity contribution in [3.05, 3.63) is 35.6 Å². The summed E-state index contributed by atoms with van der Waals surface area (Å²) in [7, 11) is 0. The van der Waals surface area contributed by atoms with E-state index >= 15 is 0 Å². The molecule has 2 atom stereocenters. The Balaban J connectivity index is 1.73. The van der Waals surface area contributed by atoms with Gasteiger partial charge in [-0.3, -0.25) is 4.79 Å². The Morgan fingerprint density at radius 2 is 2.25 bits per heavy atom. The second-order valence-corrected chi connectivity index (χ2v) is 7.38. The standard InChI is InChI=1S/C20H27NO3/c1-13(2)10-14-4-3-5-19-18(14)11-16(24-19)6-7-17(20(22)23)15-8-9-21-12-15/h3-5,11,13,15,17,21H,6-10,12H2,1-2H3,(H,22,23). The van der Waals surface area contributed by atoms with Crippen LogP contribution in [0.25, 0.3) is 11.0 Å². The first-order valence-corrected chi connectivity index (χ1v) is 8.98. The number of furan rings is 1. The minimum atomic E-state index is -0.680. The molecule has 1 fully saturated rings. The monoisotopic (exact) mass is 329 g/mol. The second kappa shape index (κ2) is 7.39. The lowest BCUT2D eigenvalue weighted by Crippen LogP contribution is -2.26. The van der Waals surface area contributed by atoms with E-state index in [1.807, 2.05) is 12.1 Å². The molecule has 0 saturated carbocycles. The Morgan fingerprint density at radius 1 is 1.42 bits per heavy atom. The number of hydrogen-bond acceptors (Lipinski definition) is 3. The summed E-state index contributed by atoms with van der Waals surface area (Å²) in [6, 6.07) is 8.31. The van der Waals surface area contributed by atoms with Crippen molar-refractivity contribution in [1.29, 1.82) is 0 Å². The molecule has 1 aromatic carbocycles. The van der Waals surface area contributed by atoms with Crippen LogP contribution in [-0.2, 0) is 17.6 Å². The molecule has 130 valence electrons. The lowest BCUT2D eigenvalue weighted by molar-refractivity contribution is -0.143. The summed E-state index contributed by atoms with van der Waals surface area (Å²) in [5.74, 6) is 0.769. The third kappa shape index (κ3) is 3.81. The van der Waals surface area contributed by atoms with Gasteiger partial charge in [0.05, 0.1) is 5.92 Å². The van der Waals surface area contributed by atoms with Gasteiger partial charge in [-0.05, 0) is 61.9 Å². The van der Waals surface area contributed by atoms with Gasteiger partial charge in [0.1, 0.15) is 11.3 Å². The van der Waals surface area contributed by atoms with E-state index in [0.717, 1.165) is 37.3 Å². The molecule has 1 saturated heterocycles. The third-order valence-corrected chi connectivity index (χ3v) is 5.02. The van der Waals surface area contributed by atoms with Crippen molar-refractivity contribution in [3.63, 3.8) is 0 Å². The molecule has 0 spiro atoms. The van der Waals surface area contributed by atoms with Crippen LogP contribution >= 0.6 is 0 Å². The number of carbonyl (C=O) groups is 1. The molecule has 2 heterocycles. The summed E-state index contributed by atoms with van der Waals surface area (Å²) in [6.45, 7) is 6.17. The van der Waals surface area contributed by atoms with Gasteiger partial charge in [0.25, 0.3) is 0 Å². The molecule has 0 bridgehead atoms. The molecule has 0 amide bonds. The topological polar surface area (TPSA) is 62.5 Å². The van der Waals surface area contributed by atoms with E-state index in [-0.39, 0.29) is 11.8 Å². The maximum Gasteiger partial charge on any atom is 0.306 e. The highest BCUT2D eigenvalue weighted by atomic mass is 16.4. The van der Waals surface area contributed by atoms with Crippen molar-refractivity contribution in [2.45, 2.75) is 39.5 Å². The number of carboxylic acid groups (broad SMARTS) is 1. The number of fused-ring (bicyclic) bond motifs is 1. The Kier molecular flexibility index (Phi) is 5.24. The zero-order valence-electron chi connectivity index (χ0n) is 14.5. The van der Waals surface area contributed by atoms with Crippen molar-refractivity contribution in [3.8, 4) is 0 Å². The lowest BCUT2D eigenvalue weighted by Gasteiger charge is -2.17. The lowest BCUT2D eigenvalue weighted by atomic mass is 9.87. The maximum absolute atomic E-state index is 11.6. The average molecular weight is 329 g/mol. The molecule has 0 aliphatic carbocycles. The maximum atomic E-state index is 11.6. The van der Waals surface area contributed by atoms with Gasteiger partial charge in [-0.15, -0.1) is 0 Å². The zero-order chi connectivity index (χ0) is 17.1. The first-order chi connectivity index (χ1) is 11.5. The normalized spacial score (nSPS) is 19.2. The van der Waals surface area contributed by atoms with E-state index in [0.29, 0.717) is 18.8 Å². The van der Waals surface area contributed by atoms with E-state index in [1.165, 1.54) is 10.9 Å². The van der Waals surface area contributed by atoms with Crippen LogP contribution in [0.3, 0.4) is 0 Å². The molecular weight excluding hydrogens is 302 g/mol. The van der Waals surface area contributed by atoms with E-state index in [9.17, 15) is 9.90 Å². The van der Waals surface area contributed by atoms with Gasteiger partial charge in [-0.1, -0.05) is 26.0 Å². The number of nitrogens with one attached hydrogen (secondary N) is 1. The van der Waals surface area contributed by atoms with E-state index in [4.69, 9.17) is 4.42 Å². The molecule has 4 nitrogen and oxygen atoms in total. The zero-order valence-corrected chi connectivity index (χ0v) is 14.5. The highest BCUT2D eigenvalue weighted by Gasteiger charge is 2.30. The number of benzene rings is 1. The molecule has 1 aromatic heterocycles. The van der Waals surface area contributed by atoms with Crippen molar-refractivity contribution >= 4 is 16.9 Å². The molecule has 2 aromatic rings. The average Bonchev–Trinajstić information content (AvgIpc) is 3.16. The fourth-order valence-corrected chi connectivity index (χ4v) is 3.79. The molecule has 24 heavy (non-hydrogen) atoms. The van der Waals surface area contributed by atoms with E-state index in [2.05, 4.69) is 31.3 Å². The van der Waals surface area contributed by atoms with Crippen LogP contribution in [-0.4, -0.2) is 24.2 Å². The molecular formula is C20H27NO3. The van der Waals surface area contributed by atoms with Crippen molar-refractivity contribution in [2.75, 3.05) is 13.1 Å². The predicted octanol–water partition coefficient (Wildman–Crippen LogP) is 3.87. The summed E-state index contributed by atoms with van der Waals surface area (Å²) >= 11 is 0. The number of aliphatic carboxylic acids is 1. The van der Waals surface area contributed by atoms with E-state index < -0.39 is 5.97 Å². The first kappa shape index (κ1) is 17.0. The number of rotatable bonds is 7. The van der Waals surface area contributed by atoms with Crippen LogP contribution in [0.1, 0.15) is 38.0 Å². The smallest absolute Gasteiger partial charge is 0.306 e. The van der Waals surface area contributed by atoms with Crippen molar-refractivity contribution in [2.24, 2.45) is 17.8 Å². The summed E-state index contributed by atoms with van der Waals surface area (Å²) in [4.78, 5) is 11.6. The molecule has 4 heteroatoms. The van der Waals surface area contributed by atoms with Crippen LogP contribution in [0.2, 0.25) is 0 Å².